The lowest BCUT2D eigenvalue weighted by atomic mass is 9.99. The van der Waals surface area contributed by atoms with Crippen LogP contribution in [0.3, 0.4) is 0 Å². The molecular formula is C17H19FN2O8. The number of halogens is 1. The molecule has 1 aromatic carbocycles. The highest BCUT2D eigenvalue weighted by Crippen LogP contribution is 2.28. The molecule has 0 radical (unpaired) electrons. The number of aliphatic carboxylic acids is 1. The van der Waals surface area contributed by atoms with Gasteiger partial charge in [-0.15, -0.1) is 0 Å². The minimum Gasteiger partial charge on any atom is -0.479 e. The summed E-state index contributed by atoms with van der Waals surface area (Å²) in [5.74, 6) is -2.30. The summed E-state index contributed by atoms with van der Waals surface area (Å²) in [5.41, 5.74) is 0.724. The summed E-state index contributed by atoms with van der Waals surface area (Å²) >= 11 is 0. The van der Waals surface area contributed by atoms with E-state index in [2.05, 4.69) is 10.3 Å². The predicted octanol–water partition coefficient (Wildman–Crippen LogP) is -0.792. The standard InChI is InChI=1S/C17H19FN2O8/c18-10-6-19-17(20-7-10,26-8-9-4-2-1-3-5-9)28-16-13(23)11(21)12(22)14(27-16)15(24)25/h1-7,11-14,16,19,21-23H,8H2,(H,24,25)/t11-,12-,13+,14-,16-,17?/m0/s1. The van der Waals surface area contributed by atoms with Crippen molar-refractivity contribution in [2.75, 3.05) is 0 Å². The highest BCUT2D eigenvalue weighted by atomic mass is 19.1. The molecule has 2 aliphatic heterocycles. The van der Waals surface area contributed by atoms with E-state index in [9.17, 15) is 24.5 Å². The molecule has 28 heavy (non-hydrogen) atoms. The first-order valence-corrected chi connectivity index (χ1v) is 8.28. The van der Waals surface area contributed by atoms with Gasteiger partial charge in [0.15, 0.2) is 18.2 Å². The van der Waals surface area contributed by atoms with E-state index in [1.807, 2.05) is 0 Å². The first-order valence-electron chi connectivity index (χ1n) is 8.28. The van der Waals surface area contributed by atoms with Gasteiger partial charge in [-0.3, -0.25) is 4.74 Å². The third-order valence-electron chi connectivity index (χ3n) is 4.12. The largest absolute Gasteiger partial charge is 0.479 e. The van der Waals surface area contributed by atoms with Gasteiger partial charge in [-0.05, 0) is 5.56 Å². The molecule has 11 heteroatoms. The van der Waals surface area contributed by atoms with Gasteiger partial charge < -0.3 is 35.2 Å². The van der Waals surface area contributed by atoms with Crippen LogP contribution >= 0.6 is 0 Å². The molecule has 0 bridgehead atoms. The van der Waals surface area contributed by atoms with Crippen molar-refractivity contribution in [2.45, 2.75) is 43.3 Å². The number of aliphatic imine (C=N–C) groups is 1. The van der Waals surface area contributed by atoms with Crippen LogP contribution in [-0.4, -0.2) is 69.4 Å². The number of aliphatic hydroxyl groups is 3. The molecule has 3 rings (SSSR count). The molecule has 1 fully saturated rings. The summed E-state index contributed by atoms with van der Waals surface area (Å²) in [4.78, 5) is 15.0. The maximum absolute atomic E-state index is 13.3. The van der Waals surface area contributed by atoms with Gasteiger partial charge in [0.2, 0.25) is 0 Å². The number of allylic oxidation sites excluding steroid dienone is 1. The normalized spacial score (nSPS) is 35.1. The van der Waals surface area contributed by atoms with Gasteiger partial charge in [0.1, 0.15) is 18.3 Å². The molecule has 0 aliphatic carbocycles. The van der Waals surface area contributed by atoms with E-state index in [4.69, 9.17) is 19.3 Å². The van der Waals surface area contributed by atoms with Crippen molar-refractivity contribution < 1.29 is 43.8 Å². The molecule has 2 aliphatic rings. The third kappa shape index (κ3) is 4.35. The van der Waals surface area contributed by atoms with E-state index in [0.29, 0.717) is 0 Å². The predicted molar refractivity (Wildman–Crippen MR) is 90.2 cm³/mol. The quantitative estimate of drug-likeness (QED) is 0.388. The summed E-state index contributed by atoms with van der Waals surface area (Å²) in [6.45, 7) is -0.0447. The van der Waals surface area contributed by atoms with Crippen LogP contribution in [-0.2, 0) is 25.6 Å². The number of ether oxygens (including phenoxy) is 3. The Bertz CT molecular complexity index is 761. The molecule has 2 heterocycles. The van der Waals surface area contributed by atoms with Crippen LogP contribution in [0.2, 0.25) is 0 Å². The Morgan fingerprint density at radius 2 is 1.93 bits per heavy atom. The monoisotopic (exact) mass is 398 g/mol. The minimum absolute atomic E-state index is 0.0447. The van der Waals surface area contributed by atoms with Crippen molar-refractivity contribution in [3.05, 3.63) is 47.9 Å². The highest BCUT2D eigenvalue weighted by molar-refractivity contribution is 5.76. The van der Waals surface area contributed by atoms with Crippen molar-refractivity contribution in [1.82, 2.24) is 5.32 Å². The fourth-order valence-electron chi connectivity index (χ4n) is 2.62. The Kier molecular flexibility index (Phi) is 6.03. The summed E-state index contributed by atoms with van der Waals surface area (Å²) in [6, 6.07) is 6.78. The zero-order chi connectivity index (χ0) is 20.3. The maximum Gasteiger partial charge on any atom is 0.360 e. The van der Waals surface area contributed by atoms with Gasteiger partial charge in [0.05, 0.1) is 12.8 Å². The van der Waals surface area contributed by atoms with Crippen LogP contribution in [0.5, 0.6) is 0 Å². The van der Waals surface area contributed by atoms with Gasteiger partial charge in [-0.2, -0.15) is 0 Å². The highest BCUT2D eigenvalue weighted by Gasteiger charge is 2.50. The SMILES string of the molecule is O=C(O)[C@H]1O[C@@H](OC2(OCc3ccccc3)N=CC(F)=CN2)[C@H](O)[C@@H](O)[C@@H]1O. The summed E-state index contributed by atoms with van der Waals surface area (Å²) in [7, 11) is 0. The smallest absolute Gasteiger partial charge is 0.360 e. The van der Waals surface area contributed by atoms with E-state index < -0.39 is 48.5 Å². The molecule has 152 valence electrons. The molecule has 1 saturated heterocycles. The van der Waals surface area contributed by atoms with Crippen LogP contribution in [0.15, 0.2) is 47.4 Å². The number of carboxylic acids is 1. The fraction of sp³-hybridized carbons (Fsp3) is 0.412. The molecule has 6 atom stereocenters. The average molecular weight is 398 g/mol. The third-order valence-corrected chi connectivity index (χ3v) is 4.12. The minimum atomic E-state index is -2.07. The molecule has 10 nitrogen and oxygen atoms in total. The molecule has 0 aromatic heterocycles. The molecule has 0 saturated carbocycles. The van der Waals surface area contributed by atoms with Crippen LogP contribution in [0, 0.1) is 0 Å². The topological polar surface area (TPSA) is 150 Å². The van der Waals surface area contributed by atoms with Crippen LogP contribution in [0.1, 0.15) is 5.56 Å². The Morgan fingerprint density at radius 1 is 1.21 bits per heavy atom. The number of hydrogen-bond donors (Lipinski definition) is 5. The van der Waals surface area contributed by atoms with E-state index in [-0.39, 0.29) is 6.61 Å². The zero-order valence-corrected chi connectivity index (χ0v) is 14.4. The Morgan fingerprint density at radius 3 is 2.54 bits per heavy atom. The summed E-state index contributed by atoms with van der Waals surface area (Å²) < 4.78 is 29.4. The number of benzene rings is 1. The number of nitrogens with one attached hydrogen (secondary N) is 1. The molecular weight excluding hydrogens is 379 g/mol. The van der Waals surface area contributed by atoms with Crippen molar-refractivity contribution in [2.24, 2.45) is 4.99 Å². The first kappa shape index (κ1) is 20.3. The molecule has 1 unspecified atom stereocenters. The fourth-order valence-corrected chi connectivity index (χ4v) is 2.62. The summed E-state index contributed by atoms with van der Waals surface area (Å²) in [6.07, 6.45) is -7.50. The lowest BCUT2D eigenvalue weighted by molar-refractivity contribution is -0.371. The molecule has 5 N–H and O–H groups in total. The Balaban J connectivity index is 1.79. The molecule has 0 amide bonds. The number of nitrogens with zero attached hydrogens (tertiary/aromatic N) is 1. The van der Waals surface area contributed by atoms with E-state index in [1.54, 1.807) is 30.3 Å². The van der Waals surface area contributed by atoms with Gasteiger partial charge in [-0.25, -0.2) is 14.2 Å². The van der Waals surface area contributed by atoms with Crippen molar-refractivity contribution >= 4 is 12.2 Å². The van der Waals surface area contributed by atoms with E-state index in [0.717, 1.165) is 18.0 Å². The number of carbonyl (C=O) groups is 1. The molecule has 1 aromatic rings. The first-order chi connectivity index (χ1) is 13.3. The van der Waals surface area contributed by atoms with Crippen molar-refractivity contribution in [3.8, 4) is 0 Å². The van der Waals surface area contributed by atoms with Gasteiger partial charge in [0.25, 0.3) is 0 Å². The number of aliphatic hydroxyl groups excluding tert-OH is 3. The zero-order valence-electron chi connectivity index (χ0n) is 14.4. The van der Waals surface area contributed by atoms with Crippen molar-refractivity contribution in [1.29, 1.82) is 0 Å². The second-order valence-electron chi connectivity index (χ2n) is 6.14. The number of rotatable bonds is 6. The van der Waals surface area contributed by atoms with E-state index >= 15 is 0 Å². The average Bonchev–Trinajstić information content (AvgIpc) is 2.69. The van der Waals surface area contributed by atoms with Crippen LogP contribution in [0.4, 0.5) is 4.39 Å². The van der Waals surface area contributed by atoms with Crippen LogP contribution in [0.25, 0.3) is 0 Å². The van der Waals surface area contributed by atoms with Gasteiger partial charge in [0, 0.05) is 6.20 Å². The van der Waals surface area contributed by atoms with Gasteiger partial charge >= 0.3 is 12.0 Å². The van der Waals surface area contributed by atoms with Crippen molar-refractivity contribution in [3.63, 3.8) is 0 Å². The lowest BCUT2D eigenvalue weighted by Gasteiger charge is -2.42. The maximum atomic E-state index is 13.3. The van der Waals surface area contributed by atoms with E-state index in [1.165, 1.54) is 0 Å². The second kappa shape index (κ2) is 8.31. The number of hydrogen-bond acceptors (Lipinski definition) is 9. The Hall–Kier alpha value is -2.41. The second-order valence-corrected chi connectivity index (χ2v) is 6.14. The summed E-state index contributed by atoms with van der Waals surface area (Å²) in [5, 5.41) is 41.3. The molecule has 0 spiro atoms. The lowest BCUT2D eigenvalue weighted by Crippen LogP contribution is -2.63. The Labute approximate surface area is 158 Å². The van der Waals surface area contributed by atoms with Crippen LogP contribution < -0.4 is 5.32 Å². The van der Waals surface area contributed by atoms with Gasteiger partial charge in [-0.1, -0.05) is 30.3 Å². The number of carboxylic acid groups (broad SMARTS) is 1.